The van der Waals surface area contributed by atoms with Gasteiger partial charge in [0.15, 0.2) is 0 Å². The lowest BCUT2D eigenvalue weighted by atomic mass is 9.87. The Bertz CT molecular complexity index is 383. The average molecular weight is 289 g/mol. The molecule has 0 atom stereocenters. The second kappa shape index (κ2) is 8.50. The monoisotopic (exact) mass is 289 g/mol. The van der Waals surface area contributed by atoms with Gasteiger partial charge in [0.1, 0.15) is 0 Å². The fourth-order valence-electron chi connectivity index (χ4n) is 3.69. The van der Waals surface area contributed by atoms with Crippen LogP contribution in [0.1, 0.15) is 57.6 Å². The molecule has 1 aliphatic rings. The van der Waals surface area contributed by atoms with E-state index in [9.17, 15) is 0 Å². The summed E-state index contributed by atoms with van der Waals surface area (Å²) in [6.07, 6.45) is 12.1. The van der Waals surface area contributed by atoms with Gasteiger partial charge in [0.2, 0.25) is 0 Å². The van der Waals surface area contributed by atoms with Gasteiger partial charge in [0.05, 0.1) is 0 Å². The molecule has 0 aromatic carbocycles. The molecule has 1 fully saturated rings. The summed E-state index contributed by atoms with van der Waals surface area (Å²) in [5, 5.41) is 0. The Morgan fingerprint density at radius 2 is 1.90 bits per heavy atom. The maximum Gasteiger partial charge on any atom is 0.0416 e. The highest BCUT2D eigenvalue weighted by Gasteiger charge is 2.35. The molecule has 1 saturated carbocycles. The molecular weight excluding hydrogens is 258 g/mol. The van der Waals surface area contributed by atoms with Crippen molar-refractivity contribution in [1.29, 1.82) is 0 Å². The highest BCUT2D eigenvalue weighted by Crippen LogP contribution is 2.32. The quantitative estimate of drug-likeness (QED) is 0.782. The first-order chi connectivity index (χ1) is 10.3. The SMILES string of the molecule is CCCN(CCc1ccccn1)C1(CN)CCCCCC1. The molecule has 1 aromatic heterocycles. The number of hydrogen-bond donors (Lipinski definition) is 1. The lowest BCUT2D eigenvalue weighted by Crippen LogP contribution is -2.54. The smallest absolute Gasteiger partial charge is 0.0416 e. The van der Waals surface area contributed by atoms with E-state index in [4.69, 9.17) is 5.73 Å². The van der Waals surface area contributed by atoms with Crippen molar-refractivity contribution in [3.05, 3.63) is 30.1 Å². The van der Waals surface area contributed by atoms with Crippen molar-refractivity contribution >= 4 is 0 Å². The van der Waals surface area contributed by atoms with Crippen molar-refractivity contribution in [2.75, 3.05) is 19.6 Å². The minimum Gasteiger partial charge on any atom is -0.329 e. The molecule has 1 aromatic rings. The van der Waals surface area contributed by atoms with E-state index in [1.165, 1.54) is 50.6 Å². The van der Waals surface area contributed by atoms with E-state index in [-0.39, 0.29) is 5.54 Å². The van der Waals surface area contributed by atoms with Gasteiger partial charge < -0.3 is 5.73 Å². The van der Waals surface area contributed by atoms with Crippen molar-refractivity contribution < 1.29 is 0 Å². The van der Waals surface area contributed by atoms with Gasteiger partial charge >= 0.3 is 0 Å². The van der Waals surface area contributed by atoms with Crippen LogP contribution in [-0.2, 0) is 6.42 Å². The van der Waals surface area contributed by atoms with Gasteiger partial charge in [0, 0.05) is 36.9 Å². The van der Waals surface area contributed by atoms with E-state index >= 15 is 0 Å². The molecule has 0 saturated heterocycles. The Labute approximate surface area is 129 Å². The van der Waals surface area contributed by atoms with Gasteiger partial charge in [-0.3, -0.25) is 9.88 Å². The zero-order valence-corrected chi connectivity index (χ0v) is 13.6. The lowest BCUT2D eigenvalue weighted by molar-refractivity contribution is 0.0785. The first kappa shape index (κ1) is 16.4. The summed E-state index contributed by atoms with van der Waals surface area (Å²) >= 11 is 0. The van der Waals surface area contributed by atoms with Crippen LogP contribution in [0.2, 0.25) is 0 Å². The highest BCUT2D eigenvalue weighted by molar-refractivity contribution is 5.04. The standard InChI is InChI=1S/C18H31N3/c1-2-14-21(15-10-17-9-5-8-13-20-17)18(16-19)11-6-3-4-7-12-18/h5,8-9,13H,2-4,6-7,10-12,14-16,19H2,1H3. The van der Waals surface area contributed by atoms with Gasteiger partial charge in [-0.05, 0) is 37.9 Å². The Hall–Kier alpha value is -0.930. The Balaban J connectivity index is 2.04. The molecule has 1 heterocycles. The van der Waals surface area contributed by atoms with Crippen LogP contribution in [0.4, 0.5) is 0 Å². The van der Waals surface area contributed by atoms with Crippen molar-refractivity contribution in [2.24, 2.45) is 5.73 Å². The minimum atomic E-state index is 0.237. The predicted molar refractivity (Wildman–Crippen MR) is 89.3 cm³/mol. The molecule has 0 unspecified atom stereocenters. The van der Waals surface area contributed by atoms with E-state index in [1.54, 1.807) is 0 Å². The summed E-state index contributed by atoms with van der Waals surface area (Å²) in [6, 6.07) is 6.20. The molecule has 3 nitrogen and oxygen atoms in total. The first-order valence-electron chi connectivity index (χ1n) is 8.66. The summed E-state index contributed by atoms with van der Waals surface area (Å²) in [5.41, 5.74) is 7.68. The zero-order valence-electron chi connectivity index (χ0n) is 13.6. The second-order valence-electron chi connectivity index (χ2n) is 6.40. The van der Waals surface area contributed by atoms with Crippen LogP contribution < -0.4 is 5.73 Å². The number of nitrogens with zero attached hydrogens (tertiary/aromatic N) is 2. The molecule has 1 aliphatic carbocycles. The average Bonchev–Trinajstić information content (AvgIpc) is 2.79. The van der Waals surface area contributed by atoms with Gasteiger partial charge in [-0.15, -0.1) is 0 Å². The normalized spacial score (nSPS) is 18.6. The van der Waals surface area contributed by atoms with Gasteiger partial charge in [-0.1, -0.05) is 38.7 Å². The van der Waals surface area contributed by atoms with Crippen LogP contribution in [-0.4, -0.2) is 35.1 Å². The maximum atomic E-state index is 6.25. The van der Waals surface area contributed by atoms with E-state index in [1.807, 2.05) is 12.3 Å². The molecule has 118 valence electrons. The molecule has 0 spiro atoms. The number of rotatable bonds is 7. The fourth-order valence-corrected chi connectivity index (χ4v) is 3.69. The molecule has 0 amide bonds. The summed E-state index contributed by atoms with van der Waals surface area (Å²) in [4.78, 5) is 7.14. The molecule has 2 N–H and O–H groups in total. The molecule has 21 heavy (non-hydrogen) atoms. The second-order valence-corrected chi connectivity index (χ2v) is 6.40. The van der Waals surface area contributed by atoms with Crippen LogP contribution in [0.15, 0.2) is 24.4 Å². The zero-order chi connectivity index (χ0) is 15.0. The molecule has 0 radical (unpaired) electrons. The van der Waals surface area contributed by atoms with E-state index in [0.717, 1.165) is 26.1 Å². The number of aromatic nitrogens is 1. The summed E-state index contributed by atoms with van der Waals surface area (Å²) < 4.78 is 0. The van der Waals surface area contributed by atoms with Gasteiger partial charge in [0.25, 0.3) is 0 Å². The van der Waals surface area contributed by atoms with Crippen molar-refractivity contribution in [3.63, 3.8) is 0 Å². The van der Waals surface area contributed by atoms with E-state index in [2.05, 4.69) is 28.9 Å². The first-order valence-corrected chi connectivity index (χ1v) is 8.66. The highest BCUT2D eigenvalue weighted by atomic mass is 15.2. The van der Waals surface area contributed by atoms with Crippen LogP contribution in [0, 0.1) is 0 Å². The molecule has 0 aliphatic heterocycles. The summed E-state index contributed by atoms with van der Waals surface area (Å²) in [5.74, 6) is 0. The van der Waals surface area contributed by atoms with Crippen LogP contribution in [0.3, 0.4) is 0 Å². The Kier molecular flexibility index (Phi) is 6.65. The predicted octanol–water partition coefficient (Wildman–Crippen LogP) is 3.39. The minimum absolute atomic E-state index is 0.237. The van der Waals surface area contributed by atoms with Crippen LogP contribution >= 0.6 is 0 Å². The summed E-state index contributed by atoms with van der Waals surface area (Å²) in [7, 11) is 0. The number of nitrogens with two attached hydrogens (primary N) is 1. The third-order valence-electron chi connectivity index (χ3n) is 4.94. The van der Waals surface area contributed by atoms with E-state index in [0.29, 0.717) is 0 Å². The third-order valence-corrected chi connectivity index (χ3v) is 4.94. The number of pyridine rings is 1. The molecule has 2 rings (SSSR count). The molecular formula is C18H31N3. The third kappa shape index (κ3) is 4.52. The van der Waals surface area contributed by atoms with Gasteiger partial charge in [-0.25, -0.2) is 0 Å². The largest absolute Gasteiger partial charge is 0.329 e. The van der Waals surface area contributed by atoms with E-state index < -0.39 is 0 Å². The fraction of sp³-hybridized carbons (Fsp3) is 0.722. The number of hydrogen-bond acceptors (Lipinski definition) is 3. The Morgan fingerprint density at radius 1 is 1.14 bits per heavy atom. The van der Waals surface area contributed by atoms with Gasteiger partial charge in [-0.2, -0.15) is 0 Å². The van der Waals surface area contributed by atoms with Crippen molar-refractivity contribution in [1.82, 2.24) is 9.88 Å². The molecule has 0 bridgehead atoms. The van der Waals surface area contributed by atoms with Crippen LogP contribution in [0.5, 0.6) is 0 Å². The topological polar surface area (TPSA) is 42.2 Å². The Morgan fingerprint density at radius 3 is 2.48 bits per heavy atom. The van der Waals surface area contributed by atoms with Crippen molar-refractivity contribution in [3.8, 4) is 0 Å². The molecule has 3 heteroatoms. The van der Waals surface area contributed by atoms with Crippen molar-refractivity contribution in [2.45, 2.75) is 63.8 Å². The summed E-state index contributed by atoms with van der Waals surface area (Å²) in [6.45, 7) is 5.32. The lowest BCUT2D eigenvalue weighted by Gasteiger charge is -2.43. The maximum absolute atomic E-state index is 6.25. The van der Waals surface area contributed by atoms with Crippen LogP contribution in [0.25, 0.3) is 0 Å².